The molecule has 0 fully saturated rings. The minimum atomic E-state index is -0.924. The van der Waals surface area contributed by atoms with Gasteiger partial charge in [0.1, 0.15) is 6.04 Å². The largest absolute Gasteiger partial charge is 0.480 e. The van der Waals surface area contributed by atoms with Crippen LogP contribution >= 0.6 is 22.9 Å². The van der Waals surface area contributed by atoms with E-state index in [4.69, 9.17) is 16.7 Å². The second-order valence-corrected chi connectivity index (χ2v) is 6.32. The lowest BCUT2D eigenvalue weighted by Gasteiger charge is -2.19. The molecule has 1 heterocycles. The molecule has 1 unspecified atom stereocenters. The molecule has 1 aromatic heterocycles. The summed E-state index contributed by atoms with van der Waals surface area (Å²) in [5.74, 6) is -1.07. The fraction of sp³-hybridized carbons (Fsp3) is 0.538. The third-order valence-electron chi connectivity index (χ3n) is 2.82. The van der Waals surface area contributed by atoms with Gasteiger partial charge >= 0.3 is 5.97 Å². The van der Waals surface area contributed by atoms with Crippen molar-refractivity contribution in [2.24, 2.45) is 0 Å². The normalized spacial score (nSPS) is 12.2. The van der Waals surface area contributed by atoms with E-state index in [9.17, 15) is 9.59 Å². The summed E-state index contributed by atoms with van der Waals surface area (Å²) in [6.07, 6.45) is 1.26. The predicted octanol–water partition coefficient (Wildman–Crippen LogP) is 2.20. The number of carboxylic acid groups (broad SMARTS) is 1. The molecule has 1 amide bonds. The summed E-state index contributed by atoms with van der Waals surface area (Å²) in [4.78, 5) is 25.4. The van der Waals surface area contributed by atoms with Gasteiger partial charge in [-0.05, 0) is 18.6 Å². The van der Waals surface area contributed by atoms with Crippen LogP contribution in [0.5, 0.6) is 0 Å². The molecule has 7 heteroatoms. The molecular weight excluding hydrogens is 300 g/mol. The highest BCUT2D eigenvalue weighted by molar-refractivity contribution is 7.16. The van der Waals surface area contributed by atoms with Crippen molar-refractivity contribution in [3.63, 3.8) is 0 Å². The van der Waals surface area contributed by atoms with Crippen LogP contribution in [-0.2, 0) is 16.1 Å². The number of rotatable bonds is 8. The van der Waals surface area contributed by atoms with Crippen molar-refractivity contribution in [3.8, 4) is 0 Å². The van der Waals surface area contributed by atoms with Gasteiger partial charge in [0.15, 0.2) is 0 Å². The zero-order valence-corrected chi connectivity index (χ0v) is 13.1. The molecule has 0 radical (unpaired) electrons. The van der Waals surface area contributed by atoms with Gasteiger partial charge in [0.05, 0.1) is 17.4 Å². The monoisotopic (exact) mass is 318 g/mol. The lowest BCUT2D eigenvalue weighted by molar-refractivity contribution is -0.140. The molecule has 0 aliphatic carbocycles. The molecule has 0 aromatic carbocycles. The van der Waals surface area contributed by atoms with Crippen molar-refractivity contribution >= 4 is 34.8 Å². The summed E-state index contributed by atoms with van der Waals surface area (Å²) in [7, 11) is 1.69. The second kappa shape index (κ2) is 8.24. The summed E-state index contributed by atoms with van der Waals surface area (Å²) in [5, 5.41) is 11.8. The van der Waals surface area contributed by atoms with Gasteiger partial charge < -0.3 is 10.0 Å². The Morgan fingerprint density at radius 1 is 1.50 bits per heavy atom. The van der Waals surface area contributed by atoms with Crippen LogP contribution in [0.2, 0.25) is 4.34 Å². The van der Waals surface area contributed by atoms with Crippen molar-refractivity contribution < 1.29 is 14.7 Å². The minimum absolute atomic E-state index is 0.0204. The molecule has 1 atom stereocenters. The van der Waals surface area contributed by atoms with E-state index in [0.717, 1.165) is 11.3 Å². The number of aliphatic carboxylic acids is 1. The Balaban J connectivity index is 2.43. The lowest BCUT2D eigenvalue weighted by Crippen LogP contribution is -2.43. The van der Waals surface area contributed by atoms with E-state index < -0.39 is 12.0 Å². The molecule has 0 aliphatic heterocycles. The lowest BCUT2D eigenvalue weighted by atomic mass is 10.1. The maximum absolute atomic E-state index is 11.9. The van der Waals surface area contributed by atoms with Gasteiger partial charge in [0.25, 0.3) is 0 Å². The average molecular weight is 319 g/mol. The van der Waals surface area contributed by atoms with Crippen molar-refractivity contribution in [2.45, 2.75) is 32.4 Å². The predicted molar refractivity (Wildman–Crippen MR) is 80.1 cm³/mol. The fourth-order valence-corrected chi connectivity index (χ4v) is 2.85. The third kappa shape index (κ3) is 5.48. The zero-order chi connectivity index (χ0) is 15.1. The first-order valence-electron chi connectivity index (χ1n) is 6.38. The summed E-state index contributed by atoms with van der Waals surface area (Å²) in [6.45, 7) is 2.40. The number of carbonyl (C=O) groups excluding carboxylic acids is 1. The Hall–Kier alpha value is -1.11. The van der Waals surface area contributed by atoms with Crippen LogP contribution in [-0.4, -0.2) is 41.5 Å². The van der Waals surface area contributed by atoms with Crippen LogP contribution < -0.4 is 5.32 Å². The van der Waals surface area contributed by atoms with Crippen LogP contribution in [0.15, 0.2) is 12.1 Å². The Morgan fingerprint density at radius 3 is 2.70 bits per heavy atom. The van der Waals surface area contributed by atoms with Gasteiger partial charge in [-0.15, -0.1) is 11.3 Å². The van der Waals surface area contributed by atoms with E-state index in [0.29, 0.717) is 17.3 Å². The van der Waals surface area contributed by atoms with Gasteiger partial charge in [-0.2, -0.15) is 0 Å². The highest BCUT2D eigenvalue weighted by Crippen LogP contribution is 2.22. The highest BCUT2D eigenvalue weighted by atomic mass is 35.5. The number of nitrogens with one attached hydrogen (secondary N) is 1. The fourth-order valence-electron chi connectivity index (χ4n) is 1.71. The Labute approximate surface area is 127 Å². The smallest absolute Gasteiger partial charge is 0.320 e. The number of halogens is 1. The average Bonchev–Trinajstić information content (AvgIpc) is 2.79. The van der Waals surface area contributed by atoms with E-state index in [-0.39, 0.29) is 12.5 Å². The maximum Gasteiger partial charge on any atom is 0.320 e. The first-order valence-corrected chi connectivity index (χ1v) is 7.57. The van der Waals surface area contributed by atoms with Crippen LogP contribution in [0, 0.1) is 0 Å². The molecule has 0 bridgehead atoms. The van der Waals surface area contributed by atoms with Crippen LogP contribution in [0.1, 0.15) is 24.6 Å². The van der Waals surface area contributed by atoms with Crippen molar-refractivity contribution in [1.29, 1.82) is 0 Å². The second-order valence-electron chi connectivity index (χ2n) is 4.52. The van der Waals surface area contributed by atoms with E-state index in [1.165, 1.54) is 11.3 Å². The molecule has 2 N–H and O–H groups in total. The molecule has 1 aromatic rings. The number of hydrogen-bond acceptors (Lipinski definition) is 4. The SMILES string of the molecule is CCCC(NCC(=O)N(C)Cc1ccc(Cl)s1)C(=O)O. The van der Waals surface area contributed by atoms with Gasteiger partial charge in [-0.3, -0.25) is 14.9 Å². The molecule has 0 saturated heterocycles. The summed E-state index contributed by atoms with van der Waals surface area (Å²) in [6, 6.07) is 3.00. The van der Waals surface area contributed by atoms with Gasteiger partial charge in [0.2, 0.25) is 5.91 Å². The Kier molecular flexibility index (Phi) is 6.98. The van der Waals surface area contributed by atoms with Gasteiger partial charge in [0, 0.05) is 11.9 Å². The molecule has 20 heavy (non-hydrogen) atoms. The van der Waals surface area contributed by atoms with E-state index in [1.807, 2.05) is 13.0 Å². The van der Waals surface area contributed by atoms with Crippen LogP contribution in [0.4, 0.5) is 0 Å². The highest BCUT2D eigenvalue weighted by Gasteiger charge is 2.18. The van der Waals surface area contributed by atoms with E-state index in [2.05, 4.69) is 5.32 Å². The van der Waals surface area contributed by atoms with E-state index >= 15 is 0 Å². The zero-order valence-electron chi connectivity index (χ0n) is 11.6. The topological polar surface area (TPSA) is 69.6 Å². The molecule has 1 rings (SSSR count). The third-order valence-corrected chi connectivity index (χ3v) is 4.04. The van der Waals surface area contributed by atoms with Gasteiger partial charge in [-0.25, -0.2) is 0 Å². The standard InChI is InChI=1S/C13H19ClN2O3S/c1-3-4-10(13(18)19)15-7-12(17)16(2)8-9-5-6-11(14)20-9/h5-6,10,15H,3-4,7-8H2,1-2H3,(H,18,19). The van der Waals surface area contributed by atoms with Crippen molar-refractivity contribution in [2.75, 3.05) is 13.6 Å². The minimum Gasteiger partial charge on any atom is -0.480 e. The number of nitrogens with zero attached hydrogens (tertiary/aromatic N) is 1. The molecule has 0 saturated carbocycles. The number of carbonyl (C=O) groups is 2. The first kappa shape index (κ1) is 16.9. The Bertz CT molecular complexity index is 464. The number of amides is 1. The molecular formula is C13H19ClN2O3S. The van der Waals surface area contributed by atoms with Crippen molar-refractivity contribution in [1.82, 2.24) is 10.2 Å². The molecule has 0 aliphatic rings. The molecule has 112 valence electrons. The van der Waals surface area contributed by atoms with Crippen LogP contribution in [0.3, 0.4) is 0 Å². The number of thiophene rings is 1. The maximum atomic E-state index is 11.9. The first-order chi connectivity index (χ1) is 9.43. The Morgan fingerprint density at radius 2 is 2.20 bits per heavy atom. The number of likely N-dealkylation sites (N-methyl/N-ethyl adjacent to an activating group) is 1. The van der Waals surface area contributed by atoms with E-state index in [1.54, 1.807) is 18.0 Å². The molecule has 0 spiro atoms. The number of hydrogen-bond donors (Lipinski definition) is 2. The summed E-state index contributed by atoms with van der Waals surface area (Å²) in [5.41, 5.74) is 0. The van der Waals surface area contributed by atoms with Gasteiger partial charge in [-0.1, -0.05) is 24.9 Å². The molecule has 5 nitrogen and oxygen atoms in total. The summed E-state index contributed by atoms with van der Waals surface area (Å²) < 4.78 is 0.688. The summed E-state index contributed by atoms with van der Waals surface area (Å²) >= 11 is 7.26. The quantitative estimate of drug-likeness (QED) is 0.771. The number of carboxylic acids is 1. The van der Waals surface area contributed by atoms with Crippen molar-refractivity contribution in [3.05, 3.63) is 21.3 Å². The van der Waals surface area contributed by atoms with Crippen LogP contribution in [0.25, 0.3) is 0 Å².